The molecule has 19 heavy (non-hydrogen) atoms. The number of hydrogen-bond donors (Lipinski definition) is 1. The highest BCUT2D eigenvalue weighted by molar-refractivity contribution is 5.56. The Labute approximate surface area is 115 Å². The standard InChI is InChI=1S/C15H24FN3/c1-11(17)13-5-4-6-14(16)15(13)19(3)12-7-9-18(2)10-8-12/h4-6,11-12H,7-10,17H2,1-3H3/t11-/m0/s1. The number of likely N-dealkylation sites (tertiary alicyclic amines) is 1. The molecule has 1 saturated heterocycles. The fraction of sp³-hybridized carbons (Fsp3) is 0.600. The van der Waals surface area contributed by atoms with E-state index in [0.717, 1.165) is 31.5 Å². The van der Waals surface area contributed by atoms with Gasteiger partial charge in [-0.2, -0.15) is 0 Å². The lowest BCUT2D eigenvalue weighted by atomic mass is 10.00. The van der Waals surface area contributed by atoms with Crippen molar-refractivity contribution in [3.05, 3.63) is 29.6 Å². The quantitative estimate of drug-likeness (QED) is 0.910. The van der Waals surface area contributed by atoms with Crippen molar-refractivity contribution in [2.75, 3.05) is 32.1 Å². The molecule has 1 heterocycles. The van der Waals surface area contributed by atoms with Gasteiger partial charge in [0.05, 0.1) is 5.69 Å². The number of hydrogen-bond acceptors (Lipinski definition) is 3. The molecule has 1 aliphatic rings. The number of rotatable bonds is 3. The SMILES string of the molecule is C[C@H](N)c1cccc(F)c1N(C)C1CCN(C)CC1. The van der Waals surface area contributed by atoms with Crippen LogP contribution in [-0.4, -0.2) is 38.1 Å². The predicted molar refractivity (Wildman–Crippen MR) is 77.9 cm³/mol. The van der Waals surface area contributed by atoms with E-state index in [1.54, 1.807) is 6.07 Å². The number of nitrogens with zero attached hydrogens (tertiary/aromatic N) is 2. The zero-order chi connectivity index (χ0) is 14.0. The molecule has 0 aromatic heterocycles. The minimum absolute atomic E-state index is 0.153. The van der Waals surface area contributed by atoms with Gasteiger partial charge in [-0.05, 0) is 51.5 Å². The van der Waals surface area contributed by atoms with E-state index in [4.69, 9.17) is 5.73 Å². The maximum absolute atomic E-state index is 14.2. The Hall–Kier alpha value is -1.13. The second kappa shape index (κ2) is 5.88. The van der Waals surface area contributed by atoms with Gasteiger partial charge in [0.2, 0.25) is 0 Å². The van der Waals surface area contributed by atoms with Gasteiger partial charge in [-0.3, -0.25) is 0 Å². The van der Waals surface area contributed by atoms with Gasteiger partial charge in [-0.1, -0.05) is 12.1 Å². The molecule has 1 aromatic carbocycles. The zero-order valence-corrected chi connectivity index (χ0v) is 12.1. The van der Waals surface area contributed by atoms with Gasteiger partial charge in [0, 0.05) is 19.1 Å². The molecule has 1 fully saturated rings. The summed E-state index contributed by atoms with van der Waals surface area (Å²) in [6, 6.07) is 5.42. The van der Waals surface area contributed by atoms with Gasteiger partial charge in [0.15, 0.2) is 0 Å². The maximum Gasteiger partial charge on any atom is 0.146 e. The molecular weight excluding hydrogens is 241 g/mol. The van der Waals surface area contributed by atoms with Crippen molar-refractivity contribution in [3.8, 4) is 0 Å². The van der Waals surface area contributed by atoms with E-state index < -0.39 is 0 Å². The first-order valence-electron chi connectivity index (χ1n) is 6.96. The van der Waals surface area contributed by atoms with Crippen LogP contribution in [0, 0.1) is 5.82 Å². The molecule has 0 radical (unpaired) electrons. The molecule has 0 bridgehead atoms. The van der Waals surface area contributed by atoms with Crippen LogP contribution in [0.1, 0.15) is 31.4 Å². The molecule has 2 N–H and O–H groups in total. The van der Waals surface area contributed by atoms with Gasteiger partial charge in [-0.15, -0.1) is 0 Å². The van der Waals surface area contributed by atoms with Crippen molar-refractivity contribution >= 4 is 5.69 Å². The number of nitrogens with two attached hydrogens (primary N) is 1. The lowest BCUT2D eigenvalue weighted by Gasteiger charge is -2.37. The van der Waals surface area contributed by atoms with E-state index in [1.165, 1.54) is 6.07 Å². The van der Waals surface area contributed by atoms with Crippen LogP contribution in [0.3, 0.4) is 0 Å². The first-order valence-corrected chi connectivity index (χ1v) is 6.96. The van der Waals surface area contributed by atoms with Crippen LogP contribution in [0.25, 0.3) is 0 Å². The fourth-order valence-electron chi connectivity index (χ4n) is 2.84. The first-order chi connectivity index (χ1) is 9.00. The number of halogens is 1. The molecule has 0 unspecified atom stereocenters. The Bertz CT molecular complexity index is 425. The topological polar surface area (TPSA) is 32.5 Å². The lowest BCUT2D eigenvalue weighted by Crippen LogP contribution is -2.42. The van der Waals surface area contributed by atoms with Crippen LogP contribution in [0.2, 0.25) is 0 Å². The van der Waals surface area contributed by atoms with E-state index in [-0.39, 0.29) is 11.9 Å². The Morgan fingerprint density at radius 2 is 2.00 bits per heavy atom. The molecule has 3 nitrogen and oxygen atoms in total. The molecular formula is C15H24FN3. The van der Waals surface area contributed by atoms with Crippen molar-refractivity contribution < 1.29 is 4.39 Å². The molecule has 1 aliphatic heterocycles. The lowest BCUT2D eigenvalue weighted by molar-refractivity contribution is 0.252. The Kier molecular flexibility index (Phi) is 4.42. The number of benzene rings is 1. The van der Waals surface area contributed by atoms with Gasteiger partial charge in [0.1, 0.15) is 5.82 Å². The summed E-state index contributed by atoms with van der Waals surface area (Å²) in [5.74, 6) is -0.170. The van der Waals surface area contributed by atoms with Gasteiger partial charge in [-0.25, -0.2) is 4.39 Å². The van der Waals surface area contributed by atoms with Crippen LogP contribution in [0.15, 0.2) is 18.2 Å². The Balaban J connectivity index is 2.25. The van der Waals surface area contributed by atoms with Gasteiger partial charge < -0.3 is 15.5 Å². The van der Waals surface area contributed by atoms with Crippen molar-refractivity contribution in [1.82, 2.24) is 4.90 Å². The predicted octanol–water partition coefficient (Wildman–Crippen LogP) is 2.38. The summed E-state index contributed by atoms with van der Waals surface area (Å²) in [5, 5.41) is 0. The summed E-state index contributed by atoms with van der Waals surface area (Å²) in [7, 11) is 4.12. The molecule has 4 heteroatoms. The molecule has 0 spiro atoms. The van der Waals surface area contributed by atoms with Gasteiger partial charge in [0.25, 0.3) is 0 Å². The summed E-state index contributed by atoms with van der Waals surface area (Å²) in [4.78, 5) is 4.40. The molecule has 1 aromatic rings. The fourth-order valence-corrected chi connectivity index (χ4v) is 2.84. The van der Waals surface area contributed by atoms with Gasteiger partial charge >= 0.3 is 0 Å². The molecule has 106 valence electrons. The van der Waals surface area contributed by atoms with Crippen molar-refractivity contribution in [2.24, 2.45) is 5.73 Å². The highest BCUT2D eigenvalue weighted by atomic mass is 19.1. The average Bonchev–Trinajstić information content (AvgIpc) is 2.38. The van der Waals surface area contributed by atoms with Crippen LogP contribution in [0.5, 0.6) is 0 Å². The molecule has 0 saturated carbocycles. The molecule has 0 amide bonds. The Morgan fingerprint density at radius 3 is 2.58 bits per heavy atom. The highest BCUT2D eigenvalue weighted by Gasteiger charge is 2.24. The van der Waals surface area contributed by atoms with Crippen molar-refractivity contribution in [2.45, 2.75) is 31.8 Å². The van der Waals surface area contributed by atoms with E-state index in [0.29, 0.717) is 11.7 Å². The third-order valence-corrected chi connectivity index (χ3v) is 4.10. The first kappa shape index (κ1) is 14.3. The monoisotopic (exact) mass is 265 g/mol. The third-order valence-electron chi connectivity index (χ3n) is 4.10. The molecule has 1 atom stereocenters. The Morgan fingerprint density at radius 1 is 1.37 bits per heavy atom. The van der Waals surface area contributed by atoms with Crippen LogP contribution in [0.4, 0.5) is 10.1 Å². The summed E-state index contributed by atoms with van der Waals surface area (Å²) in [6.07, 6.45) is 2.14. The highest BCUT2D eigenvalue weighted by Crippen LogP contribution is 2.31. The van der Waals surface area contributed by atoms with Crippen molar-refractivity contribution in [3.63, 3.8) is 0 Å². The number of piperidine rings is 1. The number of anilines is 1. The minimum Gasteiger partial charge on any atom is -0.369 e. The van der Waals surface area contributed by atoms with Crippen molar-refractivity contribution in [1.29, 1.82) is 0 Å². The minimum atomic E-state index is -0.170. The zero-order valence-electron chi connectivity index (χ0n) is 12.1. The van der Waals surface area contributed by atoms with Crippen LogP contribution >= 0.6 is 0 Å². The largest absolute Gasteiger partial charge is 0.369 e. The third kappa shape index (κ3) is 3.07. The van der Waals surface area contributed by atoms with E-state index in [9.17, 15) is 4.39 Å². The smallest absolute Gasteiger partial charge is 0.146 e. The second-order valence-corrected chi connectivity index (χ2v) is 5.61. The second-order valence-electron chi connectivity index (χ2n) is 5.61. The average molecular weight is 265 g/mol. The number of para-hydroxylation sites is 1. The van der Waals surface area contributed by atoms with E-state index >= 15 is 0 Å². The summed E-state index contributed by atoms with van der Waals surface area (Å²) < 4.78 is 14.2. The van der Waals surface area contributed by atoms with Crippen LogP contribution in [-0.2, 0) is 0 Å². The normalized spacial score (nSPS) is 19.4. The maximum atomic E-state index is 14.2. The van der Waals surface area contributed by atoms with Crippen LogP contribution < -0.4 is 10.6 Å². The molecule has 2 rings (SSSR count). The molecule has 0 aliphatic carbocycles. The van der Waals surface area contributed by atoms with E-state index in [1.807, 2.05) is 20.0 Å². The van der Waals surface area contributed by atoms with E-state index in [2.05, 4.69) is 16.8 Å². The summed E-state index contributed by atoms with van der Waals surface area (Å²) in [5.41, 5.74) is 7.53. The summed E-state index contributed by atoms with van der Waals surface area (Å²) in [6.45, 7) is 4.04. The summed E-state index contributed by atoms with van der Waals surface area (Å²) >= 11 is 0.